The van der Waals surface area contributed by atoms with Gasteiger partial charge in [-0.1, -0.05) is 6.58 Å². The van der Waals surface area contributed by atoms with Crippen LogP contribution < -0.4 is 5.32 Å². The van der Waals surface area contributed by atoms with E-state index in [1.54, 1.807) is 11.9 Å². The maximum absolute atomic E-state index is 11.0. The summed E-state index contributed by atoms with van der Waals surface area (Å²) in [6, 6.07) is -0.0481. The number of carbonyl (C=O) groups excluding carboxylic acids is 2. The minimum atomic E-state index is -0.219. The summed E-state index contributed by atoms with van der Waals surface area (Å²) < 4.78 is 0. The number of hydrogen-bond acceptors (Lipinski definition) is 2. The fraction of sp³-hybridized carbons (Fsp3) is 0.500. The van der Waals surface area contributed by atoms with E-state index in [-0.39, 0.29) is 17.9 Å². The molecule has 0 aliphatic carbocycles. The summed E-state index contributed by atoms with van der Waals surface area (Å²) in [6.45, 7) is 3.93. The van der Waals surface area contributed by atoms with E-state index in [0.717, 1.165) is 0 Å². The lowest BCUT2D eigenvalue weighted by atomic mass is 10.2. The molecule has 0 aromatic carbocycles. The Morgan fingerprint density at radius 1 is 1.83 bits per heavy atom. The van der Waals surface area contributed by atoms with Gasteiger partial charge in [0.1, 0.15) is 0 Å². The Morgan fingerprint density at radius 2 is 2.50 bits per heavy atom. The van der Waals surface area contributed by atoms with Crippen molar-refractivity contribution in [3.05, 3.63) is 12.7 Å². The summed E-state index contributed by atoms with van der Waals surface area (Å²) in [6.07, 6.45) is 1.61. The average Bonchev–Trinajstić information content (AvgIpc) is 2.31. The lowest BCUT2D eigenvalue weighted by Crippen LogP contribution is -2.35. The van der Waals surface area contributed by atoms with Gasteiger partial charge in [-0.3, -0.25) is 9.59 Å². The molecule has 1 aliphatic heterocycles. The lowest BCUT2D eigenvalue weighted by Gasteiger charge is -2.10. The zero-order valence-electron chi connectivity index (χ0n) is 7.04. The van der Waals surface area contributed by atoms with E-state index in [0.29, 0.717) is 13.0 Å². The SMILES string of the molecule is C=CC(=O)NC1CC(=O)N(C)C1. The monoisotopic (exact) mass is 168 g/mol. The predicted octanol–water partition coefficient (Wildman–Crippen LogP) is -0.481. The van der Waals surface area contributed by atoms with Crippen LogP contribution in [-0.4, -0.2) is 36.3 Å². The molecule has 1 N–H and O–H groups in total. The van der Waals surface area contributed by atoms with Crippen molar-refractivity contribution in [2.45, 2.75) is 12.5 Å². The van der Waals surface area contributed by atoms with Gasteiger partial charge in [0.05, 0.1) is 6.04 Å². The van der Waals surface area contributed by atoms with Crippen molar-refractivity contribution in [2.75, 3.05) is 13.6 Å². The van der Waals surface area contributed by atoms with Gasteiger partial charge in [-0.2, -0.15) is 0 Å². The quantitative estimate of drug-likeness (QED) is 0.566. The van der Waals surface area contributed by atoms with Crippen molar-refractivity contribution >= 4 is 11.8 Å². The number of likely N-dealkylation sites (tertiary alicyclic amines) is 1. The van der Waals surface area contributed by atoms with Crippen LogP contribution in [0.1, 0.15) is 6.42 Å². The number of carbonyl (C=O) groups is 2. The van der Waals surface area contributed by atoms with Gasteiger partial charge in [0.25, 0.3) is 0 Å². The second-order valence-corrected chi connectivity index (χ2v) is 2.89. The Labute approximate surface area is 71.2 Å². The van der Waals surface area contributed by atoms with Crippen LogP contribution in [0.25, 0.3) is 0 Å². The molecular formula is C8H12N2O2. The first-order valence-electron chi connectivity index (χ1n) is 3.80. The van der Waals surface area contributed by atoms with Gasteiger partial charge >= 0.3 is 0 Å². The number of hydrogen-bond donors (Lipinski definition) is 1. The van der Waals surface area contributed by atoms with Crippen LogP contribution in [0.3, 0.4) is 0 Å². The summed E-state index contributed by atoms with van der Waals surface area (Å²) in [5.74, 6) is -0.146. The number of likely N-dealkylation sites (N-methyl/N-ethyl adjacent to an activating group) is 1. The summed E-state index contributed by atoms with van der Waals surface area (Å²) in [4.78, 5) is 23.4. The molecule has 1 fully saturated rings. The number of rotatable bonds is 2. The topological polar surface area (TPSA) is 49.4 Å². The minimum absolute atomic E-state index is 0.0481. The molecule has 0 saturated carbocycles. The highest BCUT2D eigenvalue weighted by Gasteiger charge is 2.26. The lowest BCUT2D eigenvalue weighted by molar-refractivity contribution is -0.126. The van der Waals surface area contributed by atoms with Gasteiger partial charge in [0, 0.05) is 20.0 Å². The van der Waals surface area contributed by atoms with Gasteiger partial charge in [-0.25, -0.2) is 0 Å². The number of nitrogens with one attached hydrogen (secondary N) is 1. The second-order valence-electron chi connectivity index (χ2n) is 2.89. The Hall–Kier alpha value is -1.32. The fourth-order valence-corrected chi connectivity index (χ4v) is 1.22. The van der Waals surface area contributed by atoms with Crippen molar-refractivity contribution in [1.29, 1.82) is 0 Å². The largest absolute Gasteiger partial charge is 0.348 e. The third-order valence-corrected chi connectivity index (χ3v) is 1.87. The van der Waals surface area contributed by atoms with Crippen molar-refractivity contribution in [2.24, 2.45) is 0 Å². The zero-order chi connectivity index (χ0) is 9.14. The highest BCUT2D eigenvalue weighted by atomic mass is 16.2. The molecule has 4 heteroatoms. The molecule has 1 saturated heterocycles. The molecule has 0 aromatic heterocycles. The number of nitrogens with zero attached hydrogens (tertiary/aromatic N) is 1. The van der Waals surface area contributed by atoms with E-state index in [1.165, 1.54) is 6.08 Å². The van der Waals surface area contributed by atoms with Gasteiger partial charge < -0.3 is 10.2 Å². The van der Waals surface area contributed by atoms with Gasteiger partial charge in [0.2, 0.25) is 11.8 Å². The van der Waals surface area contributed by atoms with E-state index in [9.17, 15) is 9.59 Å². The molecule has 1 aliphatic rings. The van der Waals surface area contributed by atoms with Crippen LogP contribution in [-0.2, 0) is 9.59 Å². The molecule has 1 rings (SSSR count). The Balaban J connectivity index is 2.42. The first kappa shape index (κ1) is 8.77. The van der Waals surface area contributed by atoms with Crippen molar-refractivity contribution in [3.8, 4) is 0 Å². The molecule has 4 nitrogen and oxygen atoms in total. The van der Waals surface area contributed by atoms with Crippen LogP contribution in [0.5, 0.6) is 0 Å². The Bertz CT molecular complexity index is 225. The Kier molecular flexibility index (Phi) is 2.47. The molecule has 2 amide bonds. The third-order valence-electron chi connectivity index (χ3n) is 1.87. The second kappa shape index (κ2) is 3.38. The summed E-state index contributed by atoms with van der Waals surface area (Å²) in [5.41, 5.74) is 0. The van der Waals surface area contributed by atoms with Crippen molar-refractivity contribution in [1.82, 2.24) is 10.2 Å². The van der Waals surface area contributed by atoms with Crippen LogP contribution in [0.2, 0.25) is 0 Å². The van der Waals surface area contributed by atoms with E-state index in [4.69, 9.17) is 0 Å². The van der Waals surface area contributed by atoms with Crippen LogP contribution in [0, 0.1) is 0 Å². The fourth-order valence-electron chi connectivity index (χ4n) is 1.22. The maximum Gasteiger partial charge on any atom is 0.243 e. The van der Waals surface area contributed by atoms with E-state index >= 15 is 0 Å². The summed E-state index contributed by atoms with van der Waals surface area (Å²) in [7, 11) is 1.72. The highest BCUT2D eigenvalue weighted by Crippen LogP contribution is 2.07. The zero-order valence-corrected chi connectivity index (χ0v) is 7.04. The van der Waals surface area contributed by atoms with Crippen LogP contribution in [0.15, 0.2) is 12.7 Å². The van der Waals surface area contributed by atoms with Gasteiger partial charge in [0.15, 0.2) is 0 Å². The molecule has 0 spiro atoms. The van der Waals surface area contributed by atoms with Gasteiger partial charge in [-0.15, -0.1) is 0 Å². The van der Waals surface area contributed by atoms with Crippen molar-refractivity contribution < 1.29 is 9.59 Å². The number of amides is 2. The first-order valence-corrected chi connectivity index (χ1v) is 3.80. The van der Waals surface area contributed by atoms with E-state index in [1.807, 2.05) is 0 Å². The van der Waals surface area contributed by atoms with E-state index in [2.05, 4.69) is 11.9 Å². The molecule has 1 unspecified atom stereocenters. The molecule has 0 radical (unpaired) electrons. The predicted molar refractivity (Wildman–Crippen MR) is 44.4 cm³/mol. The average molecular weight is 168 g/mol. The summed E-state index contributed by atoms with van der Waals surface area (Å²) >= 11 is 0. The molecule has 12 heavy (non-hydrogen) atoms. The summed E-state index contributed by atoms with van der Waals surface area (Å²) in [5, 5.41) is 2.67. The first-order chi connectivity index (χ1) is 5.63. The van der Waals surface area contributed by atoms with Crippen molar-refractivity contribution in [3.63, 3.8) is 0 Å². The third kappa shape index (κ3) is 1.84. The minimum Gasteiger partial charge on any atom is -0.348 e. The molecular weight excluding hydrogens is 156 g/mol. The standard InChI is InChI=1S/C8H12N2O2/c1-3-7(11)9-6-4-8(12)10(2)5-6/h3,6H,1,4-5H2,2H3,(H,9,11). The molecule has 0 aromatic rings. The van der Waals surface area contributed by atoms with E-state index < -0.39 is 0 Å². The highest BCUT2D eigenvalue weighted by molar-refractivity contribution is 5.88. The smallest absolute Gasteiger partial charge is 0.243 e. The normalized spacial score (nSPS) is 22.6. The van der Waals surface area contributed by atoms with Crippen LogP contribution >= 0.6 is 0 Å². The Morgan fingerprint density at radius 3 is 2.92 bits per heavy atom. The molecule has 1 atom stereocenters. The van der Waals surface area contributed by atoms with Gasteiger partial charge in [-0.05, 0) is 6.08 Å². The van der Waals surface area contributed by atoms with Crippen LogP contribution in [0.4, 0.5) is 0 Å². The maximum atomic E-state index is 11.0. The molecule has 0 bridgehead atoms. The molecule has 66 valence electrons. The molecule has 1 heterocycles.